The fraction of sp³-hybridized carbons (Fsp3) is 0.778. The second-order valence-electron chi connectivity index (χ2n) is 3.19. The molecule has 0 saturated heterocycles. The van der Waals surface area contributed by atoms with Gasteiger partial charge in [0, 0.05) is 11.8 Å². The molecule has 0 aromatic rings. The van der Waals surface area contributed by atoms with Crippen LogP contribution in [0.4, 0.5) is 4.79 Å². The number of hydrogen-bond acceptors (Lipinski definition) is 4. The Kier molecular flexibility index (Phi) is 12.1. The minimum absolute atomic E-state index is 0.103. The number of nitrogens with zero attached hydrogens (tertiary/aromatic N) is 1. The maximum absolute atomic E-state index is 10.5. The lowest BCUT2D eigenvalue weighted by Gasteiger charge is -2.13. The fourth-order valence-corrected chi connectivity index (χ4v) is 0.448. The van der Waals surface area contributed by atoms with Gasteiger partial charge >= 0.3 is 6.09 Å². The molecule has 0 heterocycles. The van der Waals surface area contributed by atoms with Crippen LogP contribution in [0.15, 0.2) is 5.16 Å². The molecule has 0 rings (SSSR count). The molecule has 0 bridgehead atoms. The van der Waals surface area contributed by atoms with Crippen LogP contribution in [0.25, 0.3) is 0 Å². The summed E-state index contributed by atoms with van der Waals surface area (Å²) in [6.45, 7) is 5.96. The summed E-state index contributed by atoms with van der Waals surface area (Å²) in [5, 5.41) is 5.81. The first-order chi connectivity index (χ1) is 7.25. The van der Waals surface area contributed by atoms with Gasteiger partial charge in [-0.05, 0) is 27.0 Å². The Morgan fingerprint density at radius 3 is 2.31 bits per heavy atom. The molecule has 0 aliphatic heterocycles. The van der Waals surface area contributed by atoms with Crippen molar-refractivity contribution in [3.63, 3.8) is 0 Å². The molecule has 0 aromatic heterocycles. The zero-order valence-corrected chi connectivity index (χ0v) is 14.1. The van der Waals surface area contributed by atoms with Gasteiger partial charge in [-0.2, -0.15) is 11.8 Å². The second kappa shape index (κ2) is 10.4. The highest BCUT2D eigenvalue weighted by Gasteiger charge is 2.12. The molecular weight excluding hydrogens is 360 g/mol. The van der Waals surface area contributed by atoms with Crippen molar-refractivity contribution in [3.05, 3.63) is 0 Å². The van der Waals surface area contributed by atoms with Crippen LogP contribution < -0.4 is 5.32 Å². The lowest BCUT2D eigenvalue weighted by molar-refractivity contribution is 0.153. The van der Waals surface area contributed by atoms with Crippen LogP contribution in [0, 0.1) is 0 Å². The van der Waals surface area contributed by atoms with Crippen molar-refractivity contribution in [1.82, 2.24) is 5.32 Å². The van der Waals surface area contributed by atoms with E-state index in [1.165, 1.54) is 7.05 Å². The largest absolute Gasteiger partial charge is 0.433 e. The number of amides is 1. The van der Waals surface area contributed by atoms with E-state index in [0.29, 0.717) is 3.74 Å². The van der Waals surface area contributed by atoms with Gasteiger partial charge in [0.1, 0.15) is 0 Å². The Bertz CT molecular complexity index is 221. The van der Waals surface area contributed by atoms with Crippen molar-refractivity contribution in [2.24, 2.45) is 5.16 Å². The highest BCUT2D eigenvalue weighted by molar-refractivity contribution is 9.24. The minimum Gasteiger partial charge on any atom is -0.323 e. The van der Waals surface area contributed by atoms with Crippen molar-refractivity contribution in [2.45, 2.75) is 29.3 Å². The van der Waals surface area contributed by atoms with Crippen LogP contribution in [0.1, 0.15) is 20.8 Å². The Labute approximate surface area is 118 Å². The summed E-state index contributed by atoms with van der Waals surface area (Å²) in [5.74, 6) is 0. The average molecular weight is 378 g/mol. The van der Waals surface area contributed by atoms with E-state index in [-0.39, 0.29) is 4.75 Å². The summed E-state index contributed by atoms with van der Waals surface area (Å²) in [4.78, 5) is 15.0. The second-order valence-corrected chi connectivity index (χ2v) is 8.63. The number of nitrogens with one attached hydrogen (secondary N) is 1. The van der Waals surface area contributed by atoms with Gasteiger partial charge in [0.2, 0.25) is 0 Å². The van der Waals surface area contributed by atoms with Gasteiger partial charge in [-0.1, -0.05) is 37.0 Å². The Hall–Kier alpha value is 0.250. The van der Waals surface area contributed by atoms with Crippen LogP contribution in [0.2, 0.25) is 0 Å². The monoisotopic (exact) mass is 376 g/mol. The Morgan fingerprint density at radius 1 is 1.56 bits per heavy atom. The number of thioether (sulfide) groups is 1. The summed E-state index contributed by atoms with van der Waals surface area (Å²) < 4.78 is 0.355. The fourth-order valence-electron chi connectivity index (χ4n) is 0.299. The molecule has 96 valence electrons. The highest BCUT2D eigenvalue weighted by Crippen LogP contribution is 2.17. The average Bonchev–Trinajstić information content (AvgIpc) is 2.16. The first-order valence-electron chi connectivity index (χ1n) is 4.51. The molecule has 1 amide bonds. The standard InChI is InChI=1S/C7H14N2O2S.C2H4Br2/c1-7(2,12-4)5-9-11-6(10)8-3;1-2(3)4/h5H,1-4H3,(H,8,10);2H,1H3/b9-5+;. The molecule has 1 N–H and O–H groups in total. The molecule has 0 aliphatic rings. The van der Waals surface area contributed by atoms with E-state index in [0.717, 1.165) is 0 Å². The normalized spacial score (nSPS) is 11.0. The molecule has 0 radical (unpaired) electrons. The molecule has 4 nitrogen and oxygen atoms in total. The highest BCUT2D eigenvalue weighted by atomic mass is 79.9. The van der Waals surface area contributed by atoms with Crippen LogP contribution in [0.5, 0.6) is 0 Å². The van der Waals surface area contributed by atoms with E-state index in [2.05, 4.69) is 47.2 Å². The van der Waals surface area contributed by atoms with Crippen molar-refractivity contribution in [3.8, 4) is 0 Å². The SMILES string of the molecule is CC(Br)Br.CNC(=O)O/N=C/C(C)(C)SC. The zero-order chi connectivity index (χ0) is 13.2. The van der Waals surface area contributed by atoms with E-state index in [4.69, 9.17) is 0 Å². The van der Waals surface area contributed by atoms with Gasteiger partial charge in [0.25, 0.3) is 0 Å². The van der Waals surface area contributed by atoms with Crippen LogP contribution in [0.3, 0.4) is 0 Å². The summed E-state index contributed by atoms with van der Waals surface area (Å²) in [6, 6.07) is 0. The van der Waals surface area contributed by atoms with Gasteiger partial charge in [0.05, 0.1) is 9.95 Å². The number of halogens is 2. The van der Waals surface area contributed by atoms with Gasteiger partial charge in [-0.25, -0.2) is 4.79 Å². The van der Waals surface area contributed by atoms with Gasteiger partial charge in [-0.3, -0.25) is 4.84 Å². The summed E-state index contributed by atoms with van der Waals surface area (Å²) in [7, 11) is 1.48. The number of oxime groups is 1. The Morgan fingerprint density at radius 2 is 2.00 bits per heavy atom. The van der Waals surface area contributed by atoms with E-state index in [1.54, 1.807) is 18.0 Å². The quantitative estimate of drug-likeness (QED) is 0.354. The lowest BCUT2D eigenvalue weighted by Crippen LogP contribution is -2.19. The third kappa shape index (κ3) is 16.7. The van der Waals surface area contributed by atoms with Gasteiger partial charge in [0.15, 0.2) is 0 Å². The number of rotatable bonds is 3. The van der Waals surface area contributed by atoms with Crippen LogP contribution >= 0.6 is 43.6 Å². The topological polar surface area (TPSA) is 50.7 Å². The van der Waals surface area contributed by atoms with Crippen molar-refractivity contribution < 1.29 is 9.63 Å². The van der Waals surface area contributed by atoms with Crippen molar-refractivity contribution >= 4 is 55.9 Å². The molecule has 0 saturated carbocycles. The Balaban J connectivity index is 0. The number of carbonyl (C=O) groups excluding carboxylic acids is 1. The molecule has 0 fully saturated rings. The first-order valence-corrected chi connectivity index (χ1v) is 7.57. The molecule has 0 aliphatic carbocycles. The molecule has 0 atom stereocenters. The molecular formula is C9H18Br2N2O2S. The van der Waals surface area contributed by atoms with E-state index < -0.39 is 6.09 Å². The lowest BCUT2D eigenvalue weighted by atomic mass is 10.2. The van der Waals surface area contributed by atoms with Crippen LogP contribution in [-0.2, 0) is 4.84 Å². The van der Waals surface area contributed by atoms with Crippen LogP contribution in [-0.4, -0.2) is 34.1 Å². The van der Waals surface area contributed by atoms with E-state index >= 15 is 0 Å². The van der Waals surface area contributed by atoms with E-state index in [1.807, 2.05) is 27.0 Å². The van der Waals surface area contributed by atoms with E-state index in [9.17, 15) is 4.79 Å². The predicted octanol–water partition coefficient (Wildman–Crippen LogP) is 3.59. The number of alkyl halides is 2. The maximum Gasteiger partial charge on any atom is 0.433 e. The predicted molar refractivity (Wildman–Crippen MR) is 78.9 cm³/mol. The summed E-state index contributed by atoms with van der Waals surface area (Å²) in [6.07, 6.45) is 3.00. The number of hydrogen-bond donors (Lipinski definition) is 1. The smallest absolute Gasteiger partial charge is 0.323 e. The van der Waals surface area contributed by atoms with Gasteiger partial charge < -0.3 is 5.32 Å². The zero-order valence-electron chi connectivity index (χ0n) is 10.1. The molecule has 0 spiro atoms. The molecule has 7 heteroatoms. The van der Waals surface area contributed by atoms with Crippen molar-refractivity contribution in [1.29, 1.82) is 0 Å². The third-order valence-electron chi connectivity index (χ3n) is 1.23. The summed E-state index contributed by atoms with van der Waals surface area (Å²) >= 11 is 8.00. The first kappa shape index (κ1) is 18.6. The summed E-state index contributed by atoms with van der Waals surface area (Å²) in [5.41, 5.74) is 0. The number of carbonyl (C=O) groups is 1. The van der Waals surface area contributed by atoms with Crippen molar-refractivity contribution in [2.75, 3.05) is 13.3 Å². The molecule has 16 heavy (non-hydrogen) atoms. The minimum atomic E-state index is -0.553. The maximum atomic E-state index is 10.5. The molecule has 0 aromatic carbocycles. The molecule has 0 unspecified atom stereocenters. The van der Waals surface area contributed by atoms with Gasteiger partial charge in [-0.15, -0.1) is 0 Å². The third-order valence-corrected chi connectivity index (χ3v) is 2.39.